The van der Waals surface area contributed by atoms with Crippen molar-refractivity contribution in [2.75, 3.05) is 0 Å². The van der Waals surface area contributed by atoms with Crippen LogP contribution >= 0.6 is 12.2 Å². The van der Waals surface area contributed by atoms with Crippen LogP contribution in [0.5, 0.6) is 0 Å². The summed E-state index contributed by atoms with van der Waals surface area (Å²) >= 11 is 5.31. The molecule has 2 aromatic carbocycles. The van der Waals surface area contributed by atoms with Crippen LogP contribution in [-0.2, 0) is 6.42 Å². The van der Waals surface area contributed by atoms with Crippen molar-refractivity contribution in [3.8, 4) is 0 Å². The van der Waals surface area contributed by atoms with E-state index in [1.165, 1.54) is 0 Å². The molecule has 3 heteroatoms. The maximum Gasteiger partial charge on any atom is 0.236 e. The van der Waals surface area contributed by atoms with E-state index in [1.807, 2.05) is 60.7 Å². The van der Waals surface area contributed by atoms with Gasteiger partial charge in [-0.25, -0.2) is 0 Å². The molecule has 20 heavy (non-hydrogen) atoms. The summed E-state index contributed by atoms with van der Waals surface area (Å²) in [7, 11) is 0. The number of pyridine rings is 1. The van der Waals surface area contributed by atoms with Gasteiger partial charge in [0.2, 0.25) is 5.91 Å². The second kappa shape index (κ2) is 5.39. The summed E-state index contributed by atoms with van der Waals surface area (Å²) in [6.07, 6.45) is 0.350. The Kier molecular flexibility index (Phi) is 3.44. The van der Waals surface area contributed by atoms with E-state index >= 15 is 0 Å². The molecule has 3 aromatic rings. The van der Waals surface area contributed by atoms with Gasteiger partial charge in [0, 0.05) is 0 Å². The highest BCUT2D eigenvalue weighted by Gasteiger charge is 2.09. The maximum absolute atomic E-state index is 12.5. The third kappa shape index (κ3) is 2.40. The van der Waals surface area contributed by atoms with Crippen LogP contribution < -0.4 is 0 Å². The Bertz CT molecular complexity index is 821. The predicted octanol–water partition coefficient (Wildman–Crippen LogP) is 4.25. The van der Waals surface area contributed by atoms with E-state index < -0.39 is 0 Å². The molecule has 1 heterocycles. The van der Waals surface area contributed by atoms with E-state index in [2.05, 4.69) is 0 Å². The Hall–Kier alpha value is -2.26. The average Bonchev–Trinajstić information content (AvgIpc) is 2.48. The molecule has 3 rings (SSSR count). The lowest BCUT2D eigenvalue weighted by Gasteiger charge is -2.10. The Balaban J connectivity index is 2.08. The molecular formula is C17H13NOS. The molecule has 0 radical (unpaired) electrons. The summed E-state index contributed by atoms with van der Waals surface area (Å²) in [5, 5.41) is 1.02. The fourth-order valence-electron chi connectivity index (χ4n) is 2.29. The zero-order chi connectivity index (χ0) is 13.9. The van der Waals surface area contributed by atoms with Crippen LogP contribution in [0.2, 0.25) is 0 Å². The molecule has 0 aliphatic rings. The van der Waals surface area contributed by atoms with Gasteiger partial charge in [0.15, 0.2) is 0 Å². The number of hydrogen-bond donors (Lipinski definition) is 0. The number of benzene rings is 2. The molecule has 0 N–H and O–H groups in total. The zero-order valence-corrected chi connectivity index (χ0v) is 11.6. The van der Waals surface area contributed by atoms with Crippen molar-refractivity contribution in [2.24, 2.45) is 0 Å². The van der Waals surface area contributed by atoms with E-state index in [9.17, 15) is 4.79 Å². The van der Waals surface area contributed by atoms with Crippen LogP contribution in [0.1, 0.15) is 10.4 Å². The van der Waals surface area contributed by atoms with Crippen LogP contribution in [-0.4, -0.2) is 10.5 Å². The minimum absolute atomic E-state index is 0.00185. The molecule has 0 unspecified atom stereocenters. The molecule has 0 aliphatic heterocycles. The highest BCUT2D eigenvalue weighted by molar-refractivity contribution is 7.71. The molecule has 0 saturated heterocycles. The lowest BCUT2D eigenvalue weighted by atomic mass is 10.1. The fraction of sp³-hybridized carbons (Fsp3) is 0.0588. The van der Waals surface area contributed by atoms with Gasteiger partial charge in [-0.3, -0.25) is 9.36 Å². The van der Waals surface area contributed by atoms with E-state index in [0.717, 1.165) is 16.5 Å². The smallest absolute Gasteiger partial charge is 0.236 e. The van der Waals surface area contributed by atoms with Crippen LogP contribution in [0.25, 0.3) is 10.9 Å². The molecule has 98 valence electrons. The number of fused-ring (bicyclic) bond motifs is 1. The van der Waals surface area contributed by atoms with Gasteiger partial charge >= 0.3 is 0 Å². The molecule has 0 amide bonds. The average molecular weight is 279 g/mol. The van der Waals surface area contributed by atoms with Crippen molar-refractivity contribution in [2.45, 2.75) is 6.42 Å². The highest BCUT2D eigenvalue weighted by atomic mass is 32.1. The molecule has 0 saturated carbocycles. The van der Waals surface area contributed by atoms with E-state index in [-0.39, 0.29) is 5.91 Å². The van der Waals surface area contributed by atoms with E-state index in [4.69, 9.17) is 12.2 Å². The largest absolute Gasteiger partial charge is 0.274 e. The molecule has 0 fully saturated rings. The highest BCUT2D eigenvalue weighted by Crippen LogP contribution is 2.15. The van der Waals surface area contributed by atoms with Gasteiger partial charge in [0.05, 0.1) is 11.9 Å². The van der Waals surface area contributed by atoms with Crippen molar-refractivity contribution in [3.05, 3.63) is 76.9 Å². The lowest BCUT2D eigenvalue weighted by molar-refractivity contribution is 0.0917. The van der Waals surface area contributed by atoms with Crippen LogP contribution in [0.3, 0.4) is 0 Å². The Morgan fingerprint density at radius 1 is 0.900 bits per heavy atom. The number of carbonyl (C=O) groups excluding carboxylic acids is 1. The Morgan fingerprint density at radius 3 is 2.40 bits per heavy atom. The number of aromatic nitrogens is 1. The van der Waals surface area contributed by atoms with Gasteiger partial charge in [-0.15, -0.1) is 0 Å². The topological polar surface area (TPSA) is 22.0 Å². The maximum atomic E-state index is 12.5. The van der Waals surface area contributed by atoms with Gasteiger partial charge in [-0.2, -0.15) is 0 Å². The summed E-state index contributed by atoms with van der Waals surface area (Å²) in [6.45, 7) is 0. The molecule has 1 aromatic heterocycles. The van der Waals surface area contributed by atoms with Crippen molar-refractivity contribution >= 4 is 29.0 Å². The first-order valence-electron chi connectivity index (χ1n) is 6.43. The molecule has 2 nitrogen and oxygen atoms in total. The number of hydrogen-bond acceptors (Lipinski definition) is 2. The van der Waals surface area contributed by atoms with Gasteiger partial charge < -0.3 is 0 Å². The van der Waals surface area contributed by atoms with Gasteiger partial charge in [-0.05, 0) is 29.1 Å². The standard InChI is InChI=1S/C17H13NOS/c19-16(12-13-6-2-1-3-7-13)18-15-9-5-4-8-14(15)10-11-17(18)20/h1-11H,12H2. The zero-order valence-electron chi connectivity index (χ0n) is 10.8. The predicted molar refractivity (Wildman–Crippen MR) is 83.5 cm³/mol. The normalized spacial score (nSPS) is 10.6. The molecular weight excluding hydrogens is 266 g/mol. The van der Waals surface area contributed by atoms with E-state index in [1.54, 1.807) is 10.6 Å². The number of carbonyl (C=O) groups is 1. The summed E-state index contributed by atoms with van der Waals surface area (Å²) < 4.78 is 2.17. The van der Waals surface area contributed by atoms with Crippen LogP contribution in [0, 0.1) is 4.64 Å². The third-order valence-corrected chi connectivity index (χ3v) is 3.57. The van der Waals surface area contributed by atoms with Crippen molar-refractivity contribution in [1.82, 2.24) is 4.57 Å². The number of para-hydroxylation sites is 1. The first-order chi connectivity index (χ1) is 9.75. The summed E-state index contributed by atoms with van der Waals surface area (Å²) in [4.78, 5) is 12.5. The van der Waals surface area contributed by atoms with Gasteiger partial charge in [0.1, 0.15) is 4.64 Å². The summed E-state index contributed by atoms with van der Waals surface area (Å²) in [5.41, 5.74) is 1.85. The minimum atomic E-state index is -0.00185. The quantitative estimate of drug-likeness (QED) is 0.654. The van der Waals surface area contributed by atoms with Crippen LogP contribution in [0.4, 0.5) is 0 Å². The first-order valence-corrected chi connectivity index (χ1v) is 6.84. The van der Waals surface area contributed by atoms with Crippen LogP contribution in [0.15, 0.2) is 66.7 Å². The second-order valence-corrected chi connectivity index (χ2v) is 5.04. The lowest BCUT2D eigenvalue weighted by Crippen LogP contribution is -2.15. The van der Waals surface area contributed by atoms with Crippen molar-refractivity contribution in [1.29, 1.82) is 0 Å². The minimum Gasteiger partial charge on any atom is -0.274 e. The molecule has 0 spiro atoms. The van der Waals surface area contributed by atoms with E-state index in [0.29, 0.717) is 11.1 Å². The summed E-state index contributed by atoms with van der Waals surface area (Å²) in [5.74, 6) is -0.00185. The fourth-order valence-corrected chi connectivity index (χ4v) is 2.56. The van der Waals surface area contributed by atoms with Gasteiger partial charge in [-0.1, -0.05) is 60.7 Å². The third-order valence-electron chi connectivity index (χ3n) is 3.25. The Morgan fingerprint density at radius 2 is 1.60 bits per heavy atom. The van der Waals surface area contributed by atoms with Crippen molar-refractivity contribution < 1.29 is 4.79 Å². The SMILES string of the molecule is O=C(Cc1ccccc1)n1c(=S)ccc2ccccc21. The summed E-state index contributed by atoms with van der Waals surface area (Å²) in [6, 6.07) is 21.3. The second-order valence-electron chi connectivity index (χ2n) is 4.62. The molecule has 0 atom stereocenters. The number of rotatable bonds is 2. The molecule has 0 aliphatic carbocycles. The number of nitrogens with zero attached hydrogens (tertiary/aromatic N) is 1. The Labute approximate surface area is 122 Å². The van der Waals surface area contributed by atoms with Gasteiger partial charge in [0.25, 0.3) is 0 Å². The molecule has 0 bridgehead atoms. The first kappa shape index (κ1) is 12.8. The monoisotopic (exact) mass is 279 g/mol. The van der Waals surface area contributed by atoms with Crippen molar-refractivity contribution in [3.63, 3.8) is 0 Å².